The summed E-state index contributed by atoms with van der Waals surface area (Å²) < 4.78 is 13.2. The summed E-state index contributed by atoms with van der Waals surface area (Å²) >= 11 is 0. The van der Waals surface area contributed by atoms with Gasteiger partial charge in [0.2, 0.25) is 5.95 Å². The van der Waals surface area contributed by atoms with Crippen molar-refractivity contribution in [1.29, 1.82) is 0 Å². The molecule has 0 fully saturated rings. The van der Waals surface area contributed by atoms with Gasteiger partial charge in [-0.05, 0) is 65.2 Å². The Morgan fingerprint density at radius 1 is 0.811 bits per heavy atom. The number of hydrogen-bond acceptors (Lipinski definition) is 5. The molecule has 5 rings (SSSR count). The zero-order chi connectivity index (χ0) is 25.8. The average molecular weight is 492 g/mol. The molecular formula is C30H26FN5O. The van der Waals surface area contributed by atoms with Crippen LogP contribution in [0, 0.1) is 5.82 Å². The van der Waals surface area contributed by atoms with Crippen LogP contribution in [0.3, 0.4) is 0 Å². The Labute approximate surface area is 214 Å². The Morgan fingerprint density at radius 3 is 2.14 bits per heavy atom. The van der Waals surface area contributed by atoms with Gasteiger partial charge in [0.25, 0.3) is 5.91 Å². The van der Waals surface area contributed by atoms with Gasteiger partial charge in [-0.25, -0.2) is 9.37 Å². The SMILES string of the molecule is CN(C)c1nc(NCc2ccc(NC(=O)c3ccc(-c4ccc(F)cc4)cc3)cc2)nc2ccccc12. The first kappa shape index (κ1) is 23.9. The number of halogens is 1. The third-order valence-corrected chi connectivity index (χ3v) is 5.99. The predicted octanol–water partition coefficient (Wildman–Crippen LogP) is 6.37. The summed E-state index contributed by atoms with van der Waals surface area (Å²) in [6, 6.07) is 29.1. The van der Waals surface area contributed by atoms with Gasteiger partial charge in [0, 0.05) is 37.3 Å². The third-order valence-electron chi connectivity index (χ3n) is 5.99. The van der Waals surface area contributed by atoms with E-state index in [1.54, 1.807) is 24.3 Å². The molecule has 1 aromatic heterocycles. The van der Waals surface area contributed by atoms with Crippen molar-refractivity contribution >= 4 is 34.3 Å². The molecule has 4 aromatic carbocycles. The second-order valence-corrected chi connectivity index (χ2v) is 8.87. The van der Waals surface area contributed by atoms with Crippen molar-refractivity contribution in [2.45, 2.75) is 6.54 Å². The molecule has 0 saturated heterocycles. The Hall–Kier alpha value is -4.78. The second kappa shape index (κ2) is 10.5. The number of para-hydroxylation sites is 1. The first-order valence-electron chi connectivity index (χ1n) is 11.9. The molecular weight excluding hydrogens is 465 g/mol. The molecule has 5 aromatic rings. The monoisotopic (exact) mass is 491 g/mol. The van der Waals surface area contributed by atoms with Crippen LogP contribution in [-0.4, -0.2) is 30.0 Å². The van der Waals surface area contributed by atoms with Crippen molar-refractivity contribution in [2.24, 2.45) is 0 Å². The van der Waals surface area contributed by atoms with Crippen molar-refractivity contribution < 1.29 is 9.18 Å². The molecule has 0 saturated carbocycles. The van der Waals surface area contributed by atoms with E-state index in [4.69, 9.17) is 0 Å². The van der Waals surface area contributed by atoms with Gasteiger partial charge in [0.15, 0.2) is 0 Å². The highest BCUT2D eigenvalue weighted by atomic mass is 19.1. The summed E-state index contributed by atoms with van der Waals surface area (Å²) in [4.78, 5) is 24.0. The Kier molecular flexibility index (Phi) is 6.76. The lowest BCUT2D eigenvalue weighted by atomic mass is 10.0. The van der Waals surface area contributed by atoms with Gasteiger partial charge in [-0.2, -0.15) is 4.98 Å². The number of hydrogen-bond donors (Lipinski definition) is 2. The molecule has 2 N–H and O–H groups in total. The van der Waals surface area contributed by atoms with E-state index in [9.17, 15) is 9.18 Å². The summed E-state index contributed by atoms with van der Waals surface area (Å²) in [7, 11) is 3.93. The Bertz CT molecular complexity index is 1530. The predicted molar refractivity (Wildman–Crippen MR) is 147 cm³/mol. The summed E-state index contributed by atoms with van der Waals surface area (Å²) in [5.41, 5.74) is 4.97. The lowest BCUT2D eigenvalue weighted by Gasteiger charge is -2.16. The van der Waals surface area contributed by atoms with Gasteiger partial charge in [0.1, 0.15) is 11.6 Å². The highest BCUT2D eigenvalue weighted by Crippen LogP contribution is 2.24. The third kappa shape index (κ3) is 5.56. The molecule has 0 bridgehead atoms. The molecule has 37 heavy (non-hydrogen) atoms. The fourth-order valence-corrected chi connectivity index (χ4v) is 4.03. The largest absolute Gasteiger partial charge is 0.362 e. The number of carbonyl (C=O) groups is 1. The maximum absolute atomic E-state index is 13.2. The van der Waals surface area contributed by atoms with E-state index in [1.807, 2.05) is 79.7 Å². The van der Waals surface area contributed by atoms with E-state index in [2.05, 4.69) is 20.6 Å². The minimum absolute atomic E-state index is 0.197. The topological polar surface area (TPSA) is 70.2 Å². The fraction of sp³-hybridized carbons (Fsp3) is 0.100. The van der Waals surface area contributed by atoms with Crippen LogP contribution < -0.4 is 15.5 Å². The number of rotatable bonds is 7. The van der Waals surface area contributed by atoms with E-state index < -0.39 is 0 Å². The van der Waals surface area contributed by atoms with Crippen LogP contribution in [-0.2, 0) is 6.54 Å². The van der Waals surface area contributed by atoms with Crippen LogP contribution in [0.4, 0.5) is 21.8 Å². The number of benzene rings is 4. The van der Waals surface area contributed by atoms with Crippen LogP contribution in [0.25, 0.3) is 22.0 Å². The number of fused-ring (bicyclic) bond motifs is 1. The van der Waals surface area contributed by atoms with E-state index in [0.717, 1.165) is 33.4 Å². The highest BCUT2D eigenvalue weighted by Gasteiger charge is 2.10. The molecule has 0 aliphatic rings. The number of anilines is 3. The van der Waals surface area contributed by atoms with Gasteiger partial charge < -0.3 is 15.5 Å². The maximum Gasteiger partial charge on any atom is 0.255 e. The molecule has 0 unspecified atom stereocenters. The smallest absolute Gasteiger partial charge is 0.255 e. The fourth-order valence-electron chi connectivity index (χ4n) is 4.03. The highest BCUT2D eigenvalue weighted by molar-refractivity contribution is 6.04. The van der Waals surface area contributed by atoms with E-state index in [0.29, 0.717) is 23.7 Å². The summed E-state index contributed by atoms with van der Waals surface area (Å²) in [5.74, 6) is 0.945. The second-order valence-electron chi connectivity index (χ2n) is 8.87. The van der Waals surface area contributed by atoms with Crippen molar-refractivity contribution in [2.75, 3.05) is 29.6 Å². The first-order valence-corrected chi connectivity index (χ1v) is 11.9. The van der Waals surface area contributed by atoms with Gasteiger partial charge >= 0.3 is 0 Å². The molecule has 0 aliphatic heterocycles. The van der Waals surface area contributed by atoms with Crippen LogP contribution >= 0.6 is 0 Å². The van der Waals surface area contributed by atoms with Crippen LogP contribution in [0.5, 0.6) is 0 Å². The Morgan fingerprint density at radius 2 is 1.46 bits per heavy atom. The zero-order valence-corrected chi connectivity index (χ0v) is 20.6. The maximum atomic E-state index is 13.2. The number of nitrogens with zero attached hydrogens (tertiary/aromatic N) is 3. The molecule has 0 radical (unpaired) electrons. The van der Waals surface area contributed by atoms with Crippen molar-refractivity contribution in [3.8, 4) is 11.1 Å². The average Bonchev–Trinajstić information content (AvgIpc) is 2.92. The number of carbonyl (C=O) groups excluding carboxylic acids is 1. The van der Waals surface area contributed by atoms with Gasteiger partial charge in [0.05, 0.1) is 5.52 Å². The molecule has 0 atom stereocenters. The van der Waals surface area contributed by atoms with Crippen LogP contribution in [0.15, 0.2) is 97.1 Å². The van der Waals surface area contributed by atoms with Gasteiger partial charge in [-0.3, -0.25) is 4.79 Å². The normalized spacial score (nSPS) is 10.8. The van der Waals surface area contributed by atoms with Crippen LogP contribution in [0.2, 0.25) is 0 Å². The quantitative estimate of drug-likeness (QED) is 0.277. The molecule has 1 heterocycles. The van der Waals surface area contributed by atoms with Crippen molar-refractivity contribution in [3.63, 3.8) is 0 Å². The standard InChI is InChI=1S/C30H26FN5O/c1-36(2)28-26-5-3-4-6-27(26)34-30(35-28)32-19-20-7-17-25(18-8-20)33-29(37)23-11-9-21(10-12-23)22-13-15-24(31)16-14-22/h3-18H,19H2,1-2H3,(H,33,37)(H,32,34,35). The lowest BCUT2D eigenvalue weighted by molar-refractivity contribution is 0.102. The number of aromatic nitrogens is 2. The first-order chi connectivity index (χ1) is 18.0. The zero-order valence-electron chi connectivity index (χ0n) is 20.6. The van der Waals surface area contributed by atoms with E-state index in [-0.39, 0.29) is 11.7 Å². The molecule has 7 heteroatoms. The van der Waals surface area contributed by atoms with Gasteiger partial charge in [-0.1, -0.05) is 48.5 Å². The van der Waals surface area contributed by atoms with Gasteiger partial charge in [-0.15, -0.1) is 0 Å². The molecule has 1 amide bonds. The van der Waals surface area contributed by atoms with Crippen LogP contribution in [0.1, 0.15) is 15.9 Å². The van der Waals surface area contributed by atoms with E-state index >= 15 is 0 Å². The number of nitrogens with one attached hydrogen (secondary N) is 2. The summed E-state index contributed by atoms with van der Waals surface area (Å²) in [6.45, 7) is 0.546. The molecule has 184 valence electrons. The molecule has 0 aliphatic carbocycles. The molecule has 6 nitrogen and oxygen atoms in total. The molecule has 0 spiro atoms. The minimum atomic E-state index is -0.276. The summed E-state index contributed by atoms with van der Waals surface area (Å²) in [5, 5.41) is 7.23. The number of amides is 1. The minimum Gasteiger partial charge on any atom is -0.362 e. The van der Waals surface area contributed by atoms with Crippen molar-refractivity contribution in [1.82, 2.24) is 9.97 Å². The summed E-state index contributed by atoms with van der Waals surface area (Å²) in [6.07, 6.45) is 0. The van der Waals surface area contributed by atoms with Crippen molar-refractivity contribution in [3.05, 3.63) is 114 Å². The van der Waals surface area contributed by atoms with E-state index in [1.165, 1.54) is 12.1 Å². The Balaban J connectivity index is 1.21. The lowest BCUT2D eigenvalue weighted by Crippen LogP contribution is -2.14.